The third kappa shape index (κ3) is 5.82. The lowest BCUT2D eigenvalue weighted by atomic mass is 10.0. The first kappa shape index (κ1) is 24.5. The van der Waals surface area contributed by atoms with Crippen molar-refractivity contribution in [2.75, 3.05) is 10.8 Å². The predicted molar refractivity (Wildman–Crippen MR) is 134 cm³/mol. The first-order valence-corrected chi connectivity index (χ1v) is 12.5. The quantitative estimate of drug-likeness (QED) is 0.516. The minimum Gasteiger partial charge on any atom is -0.348 e. The van der Waals surface area contributed by atoms with Gasteiger partial charge in [0.2, 0.25) is 5.91 Å². The molecular weight excluding hydrogens is 432 g/mol. The zero-order valence-corrected chi connectivity index (χ0v) is 21.0. The summed E-state index contributed by atoms with van der Waals surface area (Å²) >= 11 is 0. The van der Waals surface area contributed by atoms with Gasteiger partial charge in [0.1, 0.15) is 6.54 Å². The summed E-state index contributed by atoms with van der Waals surface area (Å²) in [7, 11) is -3.94. The van der Waals surface area contributed by atoms with Gasteiger partial charge < -0.3 is 5.32 Å². The fraction of sp³-hybridized carbons (Fsp3) is 0.296. The van der Waals surface area contributed by atoms with Crippen molar-refractivity contribution in [3.05, 3.63) is 94.0 Å². The zero-order valence-electron chi connectivity index (χ0n) is 20.1. The Kier molecular flexibility index (Phi) is 7.28. The van der Waals surface area contributed by atoms with Crippen molar-refractivity contribution in [3.8, 4) is 0 Å². The molecule has 0 aliphatic rings. The van der Waals surface area contributed by atoms with E-state index in [0.717, 1.165) is 33.4 Å². The lowest BCUT2D eigenvalue weighted by molar-refractivity contribution is -0.120. The standard InChI is InChI=1S/C27H32N2O3S/c1-18-7-10-25(11-8-18)33(31,32)29(24-15-20(3)13-21(4)16-24)17-27(30)28-23(6)26-12-9-19(2)14-22(26)5/h7-16,23H,17H2,1-6H3,(H,28,30)/t23-/m1/s1. The number of anilines is 1. The minimum absolute atomic E-state index is 0.155. The second-order valence-electron chi connectivity index (χ2n) is 8.82. The third-order valence-electron chi connectivity index (χ3n) is 5.66. The van der Waals surface area contributed by atoms with Crippen LogP contribution in [-0.2, 0) is 14.8 Å². The fourth-order valence-electron chi connectivity index (χ4n) is 4.05. The molecule has 5 nitrogen and oxygen atoms in total. The van der Waals surface area contributed by atoms with E-state index in [9.17, 15) is 13.2 Å². The molecule has 0 saturated heterocycles. The number of sulfonamides is 1. The SMILES string of the molecule is Cc1ccc(S(=O)(=O)N(CC(=O)N[C@H](C)c2ccc(C)cc2C)c2cc(C)cc(C)c2)cc1. The molecule has 33 heavy (non-hydrogen) atoms. The molecule has 0 aromatic heterocycles. The van der Waals surface area contributed by atoms with Gasteiger partial charge in [0.15, 0.2) is 0 Å². The molecule has 0 radical (unpaired) electrons. The van der Waals surface area contributed by atoms with Crippen LogP contribution in [0.1, 0.15) is 46.3 Å². The number of amides is 1. The molecule has 1 atom stereocenters. The van der Waals surface area contributed by atoms with E-state index >= 15 is 0 Å². The van der Waals surface area contributed by atoms with E-state index in [4.69, 9.17) is 0 Å². The van der Waals surface area contributed by atoms with Crippen LogP contribution in [0.25, 0.3) is 0 Å². The van der Waals surface area contributed by atoms with Crippen molar-refractivity contribution >= 4 is 21.6 Å². The van der Waals surface area contributed by atoms with Crippen LogP contribution < -0.4 is 9.62 Å². The Balaban J connectivity index is 1.94. The van der Waals surface area contributed by atoms with Gasteiger partial charge in [-0.05, 0) is 88.1 Å². The Hall–Kier alpha value is -3.12. The summed E-state index contributed by atoms with van der Waals surface area (Å²) in [6.45, 7) is 11.4. The van der Waals surface area contributed by atoms with Crippen LogP contribution in [0.15, 0.2) is 65.6 Å². The van der Waals surface area contributed by atoms with E-state index in [1.807, 2.05) is 59.7 Å². The van der Waals surface area contributed by atoms with Gasteiger partial charge in [0.25, 0.3) is 10.0 Å². The van der Waals surface area contributed by atoms with Crippen LogP contribution in [0.4, 0.5) is 5.69 Å². The largest absolute Gasteiger partial charge is 0.348 e. The topological polar surface area (TPSA) is 66.5 Å². The predicted octanol–water partition coefficient (Wildman–Crippen LogP) is 5.30. The van der Waals surface area contributed by atoms with E-state index in [-0.39, 0.29) is 23.4 Å². The van der Waals surface area contributed by atoms with Gasteiger partial charge in [-0.2, -0.15) is 0 Å². The summed E-state index contributed by atoms with van der Waals surface area (Å²) in [5.74, 6) is -0.364. The van der Waals surface area contributed by atoms with Crippen molar-refractivity contribution in [1.29, 1.82) is 0 Å². The molecule has 0 heterocycles. The lowest BCUT2D eigenvalue weighted by Gasteiger charge is -2.26. The summed E-state index contributed by atoms with van der Waals surface area (Å²) in [6.07, 6.45) is 0. The third-order valence-corrected chi connectivity index (χ3v) is 7.45. The van der Waals surface area contributed by atoms with E-state index in [0.29, 0.717) is 5.69 Å². The maximum absolute atomic E-state index is 13.6. The average Bonchev–Trinajstić information content (AvgIpc) is 2.71. The molecule has 1 amide bonds. The summed E-state index contributed by atoms with van der Waals surface area (Å²) in [5, 5.41) is 2.97. The van der Waals surface area contributed by atoms with Crippen LogP contribution in [0.3, 0.4) is 0 Å². The van der Waals surface area contributed by atoms with Gasteiger partial charge in [-0.3, -0.25) is 9.10 Å². The number of hydrogen-bond acceptors (Lipinski definition) is 3. The Labute approximate surface area is 197 Å². The van der Waals surface area contributed by atoms with E-state index in [2.05, 4.69) is 11.4 Å². The van der Waals surface area contributed by atoms with Gasteiger partial charge in [-0.25, -0.2) is 8.42 Å². The summed E-state index contributed by atoms with van der Waals surface area (Å²) in [4.78, 5) is 13.2. The van der Waals surface area contributed by atoms with E-state index in [1.54, 1.807) is 36.4 Å². The number of carbonyl (C=O) groups excluding carboxylic acids is 1. The van der Waals surface area contributed by atoms with E-state index < -0.39 is 10.0 Å². The molecular formula is C27H32N2O3S. The van der Waals surface area contributed by atoms with Crippen LogP contribution in [0.5, 0.6) is 0 Å². The summed E-state index contributed by atoms with van der Waals surface area (Å²) in [5.41, 5.74) is 6.54. The van der Waals surface area contributed by atoms with Crippen molar-refractivity contribution < 1.29 is 13.2 Å². The van der Waals surface area contributed by atoms with Crippen molar-refractivity contribution in [2.24, 2.45) is 0 Å². The molecule has 0 saturated carbocycles. The molecule has 3 aromatic rings. The molecule has 0 fully saturated rings. The molecule has 6 heteroatoms. The number of rotatable bonds is 7. The van der Waals surface area contributed by atoms with Gasteiger partial charge in [-0.15, -0.1) is 0 Å². The number of carbonyl (C=O) groups is 1. The summed E-state index contributed by atoms with van der Waals surface area (Å²) in [6, 6.07) is 18.1. The molecule has 3 aromatic carbocycles. The second kappa shape index (κ2) is 9.79. The Morgan fingerprint density at radius 1 is 0.818 bits per heavy atom. The van der Waals surface area contributed by atoms with Crippen LogP contribution in [0.2, 0.25) is 0 Å². The molecule has 0 spiro atoms. The highest BCUT2D eigenvalue weighted by atomic mass is 32.2. The van der Waals surface area contributed by atoms with Gasteiger partial charge in [-0.1, -0.05) is 47.5 Å². The number of nitrogens with one attached hydrogen (secondary N) is 1. The molecule has 3 rings (SSSR count). The smallest absolute Gasteiger partial charge is 0.264 e. The average molecular weight is 465 g/mol. The van der Waals surface area contributed by atoms with Crippen molar-refractivity contribution in [1.82, 2.24) is 5.32 Å². The molecule has 1 N–H and O–H groups in total. The number of benzene rings is 3. The normalized spacial score (nSPS) is 12.3. The molecule has 0 bridgehead atoms. The molecule has 174 valence electrons. The van der Waals surface area contributed by atoms with Gasteiger partial charge in [0, 0.05) is 0 Å². The maximum Gasteiger partial charge on any atom is 0.264 e. The fourth-order valence-corrected chi connectivity index (χ4v) is 5.46. The molecule has 0 aliphatic carbocycles. The van der Waals surface area contributed by atoms with Crippen LogP contribution in [-0.4, -0.2) is 20.9 Å². The first-order valence-electron chi connectivity index (χ1n) is 11.0. The van der Waals surface area contributed by atoms with Crippen LogP contribution in [0, 0.1) is 34.6 Å². The highest BCUT2D eigenvalue weighted by molar-refractivity contribution is 7.92. The van der Waals surface area contributed by atoms with E-state index in [1.165, 1.54) is 4.31 Å². The Morgan fingerprint density at radius 3 is 1.97 bits per heavy atom. The summed E-state index contributed by atoms with van der Waals surface area (Å²) < 4.78 is 28.4. The number of hydrogen-bond donors (Lipinski definition) is 1. The number of aryl methyl sites for hydroxylation is 5. The lowest BCUT2D eigenvalue weighted by Crippen LogP contribution is -2.41. The van der Waals surface area contributed by atoms with Crippen molar-refractivity contribution in [2.45, 2.75) is 52.5 Å². The van der Waals surface area contributed by atoms with Crippen molar-refractivity contribution in [3.63, 3.8) is 0 Å². The van der Waals surface area contributed by atoms with Gasteiger partial charge >= 0.3 is 0 Å². The number of nitrogens with zero attached hydrogens (tertiary/aromatic N) is 1. The highest BCUT2D eigenvalue weighted by Crippen LogP contribution is 2.26. The Bertz CT molecular complexity index is 1240. The maximum atomic E-state index is 13.6. The minimum atomic E-state index is -3.94. The molecule has 0 aliphatic heterocycles. The molecule has 0 unspecified atom stereocenters. The van der Waals surface area contributed by atoms with Gasteiger partial charge in [0.05, 0.1) is 16.6 Å². The first-order chi connectivity index (χ1) is 15.5. The zero-order chi connectivity index (χ0) is 24.3. The Morgan fingerprint density at radius 2 is 1.39 bits per heavy atom. The van der Waals surface area contributed by atoms with Crippen LogP contribution >= 0.6 is 0 Å². The highest BCUT2D eigenvalue weighted by Gasteiger charge is 2.28. The second-order valence-corrected chi connectivity index (χ2v) is 10.7. The monoisotopic (exact) mass is 464 g/mol.